The Balaban J connectivity index is 2.06. The molecule has 1 atom stereocenters. The van der Waals surface area contributed by atoms with E-state index in [1.165, 1.54) is 0 Å². The lowest BCUT2D eigenvalue weighted by Gasteiger charge is -2.15. The summed E-state index contributed by atoms with van der Waals surface area (Å²) in [6, 6.07) is 7.51. The SMILES string of the molecule is CC(C)CO[C@H](C)C(=O)Nc1cccc(-n2cc[nH]c2=S)c1. The zero-order chi connectivity index (χ0) is 16.1. The number of amides is 1. The Morgan fingerprint density at radius 1 is 1.41 bits per heavy atom. The molecule has 5 nitrogen and oxygen atoms in total. The lowest BCUT2D eigenvalue weighted by molar-refractivity contribution is -0.126. The van der Waals surface area contributed by atoms with E-state index in [2.05, 4.69) is 24.1 Å². The van der Waals surface area contributed by atoms with E-state index >= 15 is 0 Å². The van der Waals surface area contributed by atoms with E-state index in [1.54, 1.807) is 13.1 Å². The Morgan fingerprint density at radius 3 is 2.82 bits per heavy atom. The standard InChI is InChI=1S/C16H21N3O2S/c1-11(2)10-21-12(3)15(20)18-13-5-4-6-14(9-13)19-8-7-17-16(19)22/h4-9,11-12H,10H2,1-3H3,(H,17,22)(H,18,20)/t12-/m1/s1. The fourth-order valence-electron chi connectivity index (χ4n) is 1.91. The number of imidazole rings is 1. The third-order valence-electron chi connectivity index (χ3n) is 3.09. The molecule has 2 aromatic rings. The Bertz CT molecular complexity index is 690. The summed E-state index contributed by atoms with van der Waals surface area (Å²) in [5, 5.41) is 2.87. The molecule has 6 heteroatoms. The summed E-state index contributed by atoms with van der Waals surface area (Å²) in [6.45, 7) is 6.42. The first-order chi connectivity index (χ1) is 10.5. The molecule has 0 radical (unpaired) electrons. The monoisotopic (exact) mass is 319 g/mol. The molecule has 0 bridgehead atoms. The molecule has 0 saturated heterocycles. The molecule has 1 amide bonds. The van der Waals surface area contributed by atoms with Crippen LogP contribution in [0.15, 0.2) is 36.7 Å². The van der Waals surface area contributed by atoms with Crippen molar-refractivity contribution in [2.24, 2.45) is 5.92 Å². The van der Waals surface area contributed by atoms with Gasteiger partial charge in [-0.1, -0.05) is 19.9 Å². The normalized spacial score (nSPS) is 12.4. The van der Waals surface area contributed by atoms with Gasteiger partial charge in [0.25, 0.3) is 5.91 Å². The first-order valence-corrected chi connectivity index (χ1v) is 7.67. The molecule has 22 heavy (non-hydrogen) atoms. The maximum atomic E-state index is 12.1. The predicted octanol–water partition coefficient (Wildman–Crippen LogP) is 3.53. The van der Waals surface area contributed by atoms with E-state index in [-0.39, 0.29) is 5.91 Å². The number of nitrogens with one attached hydrogen (secondary N) is 2. The minimum Gasteiger partial charge on any atom is -0.368 e. The number of nitrogens with zero attached hydrogens (tertiary/aromatic N) is 1. The van der Waals surface area contributed by atoms with Gasteiger partial charge in [-0.2, -0.15) is 0 Å². The number of rotatable bonds is 6. The van der Waals surface area contributed by atoms with Gasteiger partial charge in [-0.25, -0.2) is 0 Å². The number of aromatic amines is 1. The number of carbonyl (C=O) groups is 1. The second-order valence-electron chi connectivity index (χ2n) is 5.54. The van der Waals surface area contributed by atoms with E-state index in [0.29, 0.717) is 23.0 Å². The van der Waals surface area contributed by atoms with Crippen molar-refractivity contribution in [2.45, 2.75) is 26.9 Å². The van der Waals surface area contributed by atoms with E-state index in [4.69, 9.17) is 17.0 Å². The summed E-state index contributed by atoms with van der Waals surface area (Å²) in [5.41, 5.74) is 1.60. The molecule has 0 spiro atoms. The van der Waals surface area contributed by atoms with Gasteiger partial charge in [0.05, 0.1) is 0 Å². The number of benzene rings is 1. The fraction of sp³-hybridized carbons (Fsp3) is 0.375. The van der Waals surface area contributed by atoms with Crippen LogP contribution in [0.5, 0.6) is 0 Å². The number of ether oxygens (including phenoxy) is 1. The van der Waals surface area contributed by atoms with Crippen molar-refractivity contribution in [1.82, 2.24) is 9.55 Å². The Labute approximate surface area is 135 Å². The highest BCUT2D eigenvalue weighted by Gasteiger charge is 2.14. The second-order valence-corrected chi connectivity index (χ2v) is 5.93. The molecule has 0 aliphatic heterocycles. The highest BCUT2D eigenvalue weighted by molar-refractivity contribution is 7.71. The summed E-state index contributed by atoms with van der Waals surface area (Å²) >= 11 is 5.20. The van der Waals surface area contributed by atoms with Gasteiger partial charge in [0.2, 0.25) is 0 Å². The van der Waals surface area contributed by atoms with E-state index < -0.39 is 6.10 Å². The third-order valence-corrected chi connectivity index (χ3v) is 3.40. The molecule has 1 aromatic carbocycles. The molecule has 0 unspecified atom stereocenters. The van der Waals surface area contributed by atoms with Crippen LogP contribution in [0.25, 0.3) is 5.69 Å². The van der Waals surface area contributed by atoms with Crippen LogP contribution in [0.3, 0.4) is 0 Å². The van der Waals surface area contributed by atoms with Crippen LogP contribution in [-0.2, 0) is 9.53 Å². The van der Waals surface area contributed by atoms with Gasteiger partial charge in [-0.05, 0) is 43.3 Å². The van der Waals surface area contributed by atoms with Crippen LogP contribution >= 0.6 is 12.2 Å². The van der Waals surface area contributed by atoms with E-state index in [1.807, 2.05) is 35.0 Å². The van der Waals surface area contributed by atoms with Crippen molar-refractivity contribution in [2.75, 3.05) is 11.9 Å². The van der Waals surface area contributed by atoms with Crippen LogP contribution in [0.2, 0.25) is 0 Å². The number of aromatic nitrogens is 2. The Hall–Kier alpha value is -1.92. The van der Waals surface area contributed by atoms with Crippen LogP contribution in [0.1, 0.15) is 20.8 Å². The zero-order valence-corrected chi connectivity index (χ0v) is 13.8. The number of hydrogen-bond donors (Lipinski definition) is 2. The van der Waals surface area contributed by atoms with Gasteiger partial charge in [0, 0.05) is 30.4 Å². The summed E-state index contributed by atoms with van der Waals surface area (Å²) < 4.78 is 7.97. The summed E-state index contributed by atoms with van der Waals surface area (Å²) in [5.74, 6) is 0.240. The molecule has 2 rings (SSSR count). The van der Waals surface area contributed by atoms with Crippen molar-refractivity contribution >= 4 is 23.8 Å². The average molecular weight is 319 g/mol. The molecule has 0 aliphatic rings. The quantitative estimate of drug-likeness (QED) is 0.801. The van der Waals surface area contributed by atoms with Gasteiger partial charge >= 0.3 is 0 Å². The van der Waals surface area contributed by atoms with Crippen LogP contribution in [0, 0.1) is 10.7 Å². The molecule has 1 aromatic heterocycles. The summed E-state index contributed by atoms with van der Waals surface area (Å²) in [4.78, 5) is 15.1. The van der Waals surface area contributed by atoms with Gasteiger partial charge in [-0.15, -0.1) is 0 Å². The predicted molar refractivity (Wildman–Crippen MR) is 89.8 cm³/mol. The third kappa shape index (κ3) is 4.29. The number of carbonyl (C=O) groups excluding carboxylic acids is 1. The molecule has 118 valence electrons. The lowest BCUT2D eigenvalue weighted by Crippen LogP contribution is -2.28. The first kappa shape index (κ1) is 16.5. The van der Waals surface area contributed by atoms with Gasteiger partial charge in [-0.3, -0.25) is 9.36 Å². The molecule has 2 N–H and O–H groups in total. The number of hydrogen-bond acceptors (Lipinski definition) is 3. The average Bonchev–Trinajstić information content (AvgIpc) is 2.91. The number of anilines is 1. The van der Waals surface area contributed by atoms with Crippen LogP contribution in [0.4, 0.5) is 5.69 Å². The van der Waals surface area contributed by atoms with Gasteiger partial charge in [0.1, 0.15) is 6.10 Å². The van der Waals surface area contributed by atoms with Gasteiger partial charge < -0.3 is 15.0 Å². The highest BCUT2D eigenvalue weighted by atomic mass is 32.1. The van der Waals surface area contributed by atoms with Crippen molar-refractivity contribution < 1.29 is 9.53 Å². The molecule has 1 heterocycles. The maximum Gasteiger partial charge on any atom is 0.253 e. The zero-order valence-electron chi connectivity index (χ0n) is 13.0. The van der Waals surface area contributed by atoms with Crippen molar-refractivity contribution in [3.63, 3.8) is 0 Å². The minimum absolute atomic E-state index is 0.157. The summed E-state index contributed by atoms with van der Waals surface area (Å²) in [7, 11) is 0. The fourth-order valence-corrected chi connectivity index (χ4v) is 2.15. The van der Waals surface area contributed by atoms with Gasteiger partial charge in [0.15, 0.2) is 4.77 Å². The Kier molecular flexibility index (Phi) is 5.51. The van der Waals surface area contributed by atoms with Crippen molar-refractivity contribution in [3.8, 4) is 5.69 Å². The molecule has 0 fully saturated rings. The minimum atomic E-state index is -0.486. The molecular formula is C16H21N3O2S. The number of H-pyrrole nitrogens is 1. The second kappa shape index (κ2) is 7.38. The first-order valence-electron chi connectivity index (χ1n) is 7.26. The lowest BCUT2D eigenvalue weighted by atomic mass is 10.2. The Morgan fingerprint density at radius 2 is 2.18 bits per heavy atom. The van der Waals surface area contributed by atoms with Crippen LogP contribution < -0.4 is 5.32 Å². The van der Waals surface area contributed by atoms with Crippen LogP contribution in [-0.4, -0.2) is 28.2 Å². The molecule has 0 aliphatic carbocycles. The topological polar surface area (TPSA) is 59.0 Å². The largest absolute Gasteiger partial charge is 0.368 e. The summed E-state index contributed by atoms with van der Waals surface area (Å²) in [6.07, 6.45) is 3.13. The smallest absolute Gasteiger partial charge is 0.253 e. The van der Waals surface area contributed by atoms with E-state index in [0.717, 1.165) is 5.69 Å². The molecule has 0 saturated carbocycles. The van der Waals surface area contributed by atoms with E-state index in [9.17, 15) is 4.79 Å². The molecular weight excluding hydrogens is 298 g/mol. The maximum absolute atomic E-state index is 12.1. The van der Waals surface area contributed by atoms with Crippen molar-refractivity contribution in [1.29, 1.82) is 0 Å². The van der Waals surface area contributed by atoms with Crippen molar-refractivity contribution in [3.05, 3.63) is 41.4 Å². The highest BCUT2D eigenvalue weighted by Crippen LogP contribution is 2.15.